The van der Waals surface area contributed by atoms with Gasteiger partial charge in [0.25, 0.3) is 0 Å². The minimum Gasteiger partial charge on any atom is -0.468 e. The summed E-state index contributed by atoms with van der Waals surface area (Å²) in [6, 6.07) is 14.9. The lowest BCUT2D eigenvalue weighted by Gasteiger charge is -2.23. The van der Waals surface area contributed by atoms with Gasteiger partial charge in [-0.15, -0.1) is 0 Å². The quantitative estimate of drug-likeness (QED) is 0.831. The van der Waals surface area contributed by atoms with Crippen LogP contribution in [0.15, 0.2) is 53.1 Å². The Kier molecular flexibility index (Phi) is 4.80. The minimum atomic E-state index is 0.250. The Morgan fingerprint density at radius 1 is 1.00 bits per heavy atom. The number of hydrogen-bond donors (Lipinski definition) is 1. The van der Waals surface area contributed by atoms with Gasteiger partial charge in [-0.25, -0.2) is 0 Å². The maximum Gasteiger partial charge on any atom is 0.120 e. The van der Waals surface area contributed by atoms with Crippen LogP contribution in [0.4, 0.5) is 0 Å². The Morgan fingerprint density at radius 3 is 2.32 bits per heavy atom. The summed E-state index contributed by atoms with van der Waals surface area (Å²) in [5.41, 5.74) is 1.40. The fraction of sp³-hybridized carbons (Fsp3) is 0.412. The molecule has 2 unspecified atom stereocenters. The molecule has 0 amide bonds. The van der Waals surface area contributed by atoms with Crippen molar-refractivity contribution in [3.8, 4) is 0 Å². The first-order chi connectivity index (χ1) is 9.18. The van der Waals surface area contributed by atoms with Crippen molar-refractivity contribution >= 4 is 0 Å². The molecule has 2 atom stereocenters. The standard InChI is InChI=1S/C17H23NO/c1-13(2)16(15-8-5-4-6-9-15)12-18-14(3)17-10-7-11-19-17/h4-11,13-14,16,18H,12H2,1-3H3. The summed E-state index contributed by atoms with van der Waals surface area (Å²) in [4.78, 5) is 0. The first kappa shape index (κ1) is 13.9. The molecular weight excluding hydrogens is 234 g/mol. The lowest BCUT2D eigenvalue weighted by Crippen LogP contribution is -2.27. The highest BCUT2D eigenvalue weighted by Crippen LogP contribution is 2.24. The average Bonchev–Trinajstić information content (AvgIpc) is 2.93. The van der Waals surface area contributed by atoms with Gasteiger partial charge in [-0.05, 0) is 36.5 Å². The van der Waals surface area contributed by atoms with E-state index < -0.39 is 0 Å². The maximum absolute atomic E-state index is 5.43. The van der Waals surface area contributed by atoms with Crippen molar-refractivity contribution in [1.29, 1.82) is 0 Å². The summed E-state index contributed by atoms with van der Waals surface area (Å²) in [5.74, 6) is 2.13. The van der Waals surface area contributed by atoms with Crippen molar-refractivity contribution in [2.24, 2.45) is 5.92 Å². The van der Waals surface area contributed by atoms with E-state index in [1.807, 2.05) is 12.1 Å². The van der Waals surface area contributed by atoms with Gasteiger partial charge in [-0.3, -0.25) is 0 Å². The monoisotopic (exact) mass is 257 g/mol. The van der Waals surface area contributed by atoms with E-state index in [9.17, 15) is 0 Å². The fourth-order valence-electron chi connectivity index (χ4n) is 2.38. The lowest BCUT2D eigenvalue weighted by atomic mass is 9.88. The highest BCUT2D eigenvalue weighted by Gasteiger charge is 2.17. The topological polar surface area (TPSA) is 25.2 Å². The van der Waals surface area contributed by atoms with Crippen LogP contribution < -0.4 is 5.32 Å². The zero-order valence-corrected chi connectivity index (χ0v) is 12.0. The smallest absolute Gasteiger partial charge is 0.120 e. The van der Waals surface area contributed by atoms with Crippen LogP contribution in [0.2, 0.25) is 0 Å². The first-order valence-electron chi connectivity index (χ1n) is 7.00. The van der Waals surface area contributed by atoms with E-state index in [4.69, 9.17) is 4.42 Å². The Labute approximate surface area is 115 Å². The van der Waals surface area contributed by atoms with Crippen molar-refractivity contribution in [2.75, 3.05) is 6.54 Å². The number of furan rings is 1. The lowest BCUT2D eigenvalue weighted by molar-refractivity contribution is 0.393. The van der Waals surface area contributed by atoms with E-state index in [0.29, 0.717) is 11.8 Å². The van der Waals surface area contributed by atoms with E-state index in [1.165, 1.54) is 5.56 Å². The second-order valence-corrected chi connectivity index (χ2v) is 5.41. The van der Waals surface area contributed by atoms with Crippen LogP contribution in [0.1, 0.15) is 44.1 Å². The average molecular weight is 257 g/mol. The molecule has 0 saturated carbocycles. The van der Waals surface area contributed by atoms with Gasteiger partial charge in [0.15, 0.2) is 0 Å². The molecule has 0 radical (unpaired) electrons. The third-order valence-electron chi connectivity index (χ3n) is 3.65. The van der Waals surface area contributed by atoms with E-state index in [-0.39, 0.29) is 6.04 Å². The Morgan fingerprint density at radius 2 is 1.74 bits per heavy atom. The molecule has 1 N–H and O–H groups in total. The number of hydrogen-bond acceptors (Lipinski definition) is 2. The Balaban J connectivity index is 1.98. The van der Waals surface area contributed by atoms with Crippen molar-refractivity contribution in [3.63, 3.8) is 0 Å². The maximum atomic E-state index is 5.43. The van der Waals surface area contributed by atoms with Gasteiger partial charge in [0.05, 0.1) is 12.3 Å². The number of rotatable bonds is 6. The molecule has 0 saturated heterocycles. The highest BCUT2D eigenvalue weighted by molar-refractivity contribution is 5.20. The SMILES string of the molecule is CC(NCC(c1ccccc1)C(C)C)c1ccco1. The van der Waals surface area contributed by atoms with Crippen molar-refractivity contribution in [2.45, 2.75) is 32.7 Å². The number of benzene rings is 1. The van der Waals surface area contributed by atoms with E-state index in [0.717, 1.165) is 12.3 Å². The summed E-state index contributed by atoms with van der Waals surface area (Å²) >= 11 is 0. The zero-order chi connectivity index (χ0) is 13.7. The van der Waals surface area contributed by atoms with Crippen LogP contribution in [0.5, 0.6) is 0 Å². The minimum absolute atomic E-state index is 0.250. The van der Waals surface area contributed by atoms with Gasteiger partial charge in [0, 0.05) is 6.54 Å². The van der Waals surface area contributed by atoms with Crippen LogP contribution in [0.25, 0.3) is 0 Å². The molecule has 0 aliphatic carbocycles. The first-order valence-corrected chi connectivity index (χ1v) is 7.00. The molecule has 19 heavy (non-hydrogen) atoms. The van der Waals surface area contributed by atoms with Gasteiger partial charge in [0.2, 0.25) is 0 Å². The summed E-state index contributed by atoms with van der Waals surface area (Å²) in [7, 11) is 0. The van der Waals surface area contributed by atoms with Crippen LogP contribution in [-0.4, -0.2) is 6.54 Å². The number of nitrogens with one attached hydrogen (secondary N) is 1. The molecule has 2 rings (SSSR count). The van der Waals surface area contributed by atoms with Crippen LogP contribution in [-0.2, 0) is 0 Å². The normalized spacial score (nSPS) is 14.5. The third-order valence-corrected chi connectivity index (χ3v) is 3.65. The summed E-state index contributed by atoms with van der Waals surface area (Å²) in [6.45, 7) is 7.65. The second-order valence-electron chi connectivity index (χ2n) is 5.41. The molecule has 0 fully saturated rings. The molecule has 1 heterocycles. The predicted molar refractivity (Wildman–Crippen MR) is 79.1 cm³/mol. The fourth-order valence-corrected chi connectivity index (χ4v) is 2.38. The van der Waals surface area contributed by atoms with Crippen molar-refractivity contribution in [3.05, 3.63) is 60.1 Å². The molecule has 1 aromatic heterocycles. The summed E-state index contributed by atoms with van der Waals surface area (Å²) in [5, 5.41) is 3.57. The van der Waals surface area contributed by atoms with Gasteiger partial charge in [-0.2, -0.15) is 0 Å². The molecule has 0 bridgehead atoms. The van der Waals surface area contributed by atoms with Gasteiger partial charge < -0.3 is 9.73 Å². The van der Waals surface area contributed by atoms with Crippen molar-refractivity contribution in [1.82, 2.24) is 5.32 Å². The summed E-state index contributed by atoms with van der Waals surface area (Å²) in [6.07, 6.45) is 1.73. The van der Waals surface area contributed by atoms with Gasteiger partial charge >= 0.3 is 0 Å². The molecular formula is C17H23NO. The van der Waals surface area contributed by atoms with Crippen LogP contribution >= 0.6 is 0 Å². The molecule has 2 heteroatoms. The predicted octanol–water partition coefficient (Wildman–Crippen LogP) is 4.37. The van der Waals surface area contributed by atoms with Crippen molar-refractivity contribution < 1.29 is 4.42 Å². The van der Waals surface area contributed by atoms with E-state index in [2.05, 4.69) is 56.4 Å². The molecule has 2 nitrogen and oxygen atoms in total. The Hall–Kier alpha value is -1.54. The molecule has 2 aromatic rings. The van der Waals surface area contributed by atoms with Gasteiger partial charge in [-0.1, -0.05) is 44.2 Å². The van der Waals surface area contributed by atoms with E-state index in [1.54, 1.807) is 6.26 Å². The summed E-state index contributed by atoms with van der Waals surface area (Å²) < 4.78 is 5.43. The second kappa shape index (κ2) is 6.58. The largest absolute Gasteiger partial charge is 0.468 e. The molecule has 1 aromatic carbocycles. The zero-order valence-electron chi connectivity index (χ0n) is 12.0. The molecule has 0 aliphatic heterocycles. The molecule has 0 spiro atoms. The Bertz CT molecular complexity index is 461. The highest BCUT2D eigenvalue weighted by atomic mass is 16.3. The van der Waals surface area contributed by atoms with Gasteiger partial charge in [0.1, 0.15) is 5.76 Å². The molecule has 0 aliphatic rings. The van der Waals surface area contributed by atoms with Crippen LogP contribution in [0.3, 0.4) is 0 Å². The molecule has 102 valence electrons. The third kappa shape index (κ3) is 3.71. The van der Waals surface area contributed by atoms with Crippen LogP contribution in [0, 0.1) is 5.92 Å². The van der Waals surface area contributed by atoms with E-state index >= 15 is 0 Å².